The van der Waals surface area contributed by atoms with Gasteiger partial charge >= 0.3 is 0 Å². The quantitative estimate of drug-likeness (QED) is 0.778. The van der Waals surface area contributed by atoms with Crippen LogP contribution in [0.25, 0.3) is 11.5 Å². The molecule has 1 fully saturated rings. The number of aromatic nitrogens is 5. The lowest BCUT2D eigenvalue weighted by Gasteiger charge is -2.15. The van der Waals surface area contributed by atoms with Crippen molar-refractivity contribution in [2.75, 3.05) is 6.54 Å². The standard InChI is InChI=1S/C12H18N6O/c1-2-5-13-9(8-3-4-8)6-11-15-12(17-19-11)10-7-14-18-16-10/h7-9,13H,2-6H2,1H3,(H,14,16,18). The van der Waals surface area contributed by atoms with Gasteiger partial charge in [0.05, 0.1) is 6.20 Å². The number of hydrogen-bond acceptors (Lipinski definition) is 6. The number of hydrogen-bond donors (Lipinski definition) is 2. The fourth-order valence-corrected chi connectivity index (χ4v) is 2.17. The minimum Gasteiger partial charge on any atom is -0.339 e. The second kappa shape index (κ2) is 5.48. The highest BCUT2D eigenvalue weighted by atomic mass is 16.5. The van der Waals surface area contributed by atoms with Crippen LogP contribution in [0.2, 0.25) is 0 Å². The summed E-state index contributed by atoms with van der Waals surface area (Å²) in [6.07, 6.45) is 6.10. The fraction of sp³-hybridized carbons (Fsp3) is 0.667. The highest BCUT2D eigenvalue weighted by Gasteiger charge is 2.32. The summed E-state index contributed by atoms with van der Waals surface area (Å²) in [6, 6.07) is 0.450. The van der Waals surface area contributed by atoms with Gasteiger partial charge < -0.3 is 9.84 Å². The summed E-state index contributed by atoms with van der Waals surface area (Å²) >= 11 is 0. The third kappa shape index (κ3) is 2.98. The molecule has 0 saturated heterocycles. The predicted molar refractivity (Wildman–Crippen MR) is 68.2 cm³/mol. The zero-order valence-electron chi connectivity index (χ0n) is 11.0. The van der Waals surface area contributed by atoms with Gasteiger partial charge in [-0.2, -0.15) is 20.4 Å². The highest BCUT2D eigenvalue weighted by molar-refractivity contribution is 5.44. The van der Waals surface area contributed by atoms with Crippen LogP contribution in [0.3, 0.4) is 0 Å². The van der Waals surface area contributed by atoms with Crippen molar-refractivity contribution in [3.63, 3.8) is 0 Å². The van der Waals surface area contributed by atoms with E-state index in [1.807, 2.05) is 0 Å². The van der Waals surface area contributed by atoms with E-state index in [4.69, 9.17) is 4.52 Å². The van der Waals surface area contributed by atoms with Crippen molar-refractivity contribution < 1.29 is 4.52 Å². The largest absolute Gasteiger partial charge is 0.339 e. The van der Waals surface area contributed by atoms with Crippen molar-refractivity contribution in [3.05, 3.63) is 12.1 Å². The Balaban J connectivity index is 1.65. The molecule has 2 N–H and O–H groups in total. The summed E-state index contributed by atoms with van der Waals surface area (Å²) in [5, 5.41) is 17.7. The zero-order chi connectivity index (χ0) is 13.1. The molecule has 1 aliphatic carbocycles. The molecule has 0 bridgehead atoms. The Morgan fingerprint density at radius 1 is 1.53 bits per heavy atom. The van der Waals surface area contributed by atoms with Gasteiger partial charge in [-0.05, 0) is 31.7 Å². The first kappa shape index (κ1) is 12.3. The SMILES string of the molecule is CCCNC(Cc1nc(-c2cn[nH]n2)no1)C1CC1. The van der Waals surface area contributed by atoms with Crippen molar-refractivity contribution >= 4 is 0 Å². The maximum Gasteiger partial charge on any atom is 0.228 e. The second-order valence-electron chi connectivity index (χ2n) is 4.97. The lowest BCUT2D eigenvalue weighted by Crippen LogP contribution is -2.33. The summed E-state index contributed by atoms with van der Waals surface area (Å²) in [4.78, 5) is 4.37. The molecule has 1 aliphatic rings. The van der Waals surface area contributed by atoms with Crippen molar-refractivity contribution in [1.82, 2.24) is 30.9 Å². The molecule has 2 aromatic rings. The van der Waals surface area contributed by atoms with Crippen molar-refractivity contribution in [3.8, 4) is 11.5 Å². The van der Waals surface area contributed by atoms with E-state index >= 15 is 0 Å². The maximum atomic E-state index is 5.29. The van der Waals surface area contributed by atoms with E-state index in [9.17, 15) is 0 Å². The molecule has 3 rings (SSSR count). The first-order chi connectivity index (χ1) is 9.36. The summed E-state index contributed by atoms with van der Waals surface area (Å²) < 4.78 is 5.29. The average molecular weight is 262 g/mol. The van der Waals surface area contributed by atoms with Gasteiger partial charge in [0.15, 0.2) is 5.69 Å². The molecule has 0 spiro atoms. The summed E-state index contributed by atoms with van der Waals surface area (Å²) in [5.41, 5.74) is 0.611. The average Bonchev–Trinajstić information content (AvgIpc) is 2.93. The molecule has 7 heteroatoms. The zero-order valence-corrected chi connectivity index (χ0v) is 11.0. The molecular weight excluding hydrogens is 244 g/mol. The summed E-state index contributed by atoms with van der Waals surface area (Å²) in [6.45, 7) is 3.21. The van der Waals surface area contributed by atoms with Crippen molar-refractivity contribution in [2.24, 2.45) is 5.92 Å². The monoisotopic (exact) mass is 262 g/mol. The first-order valence-corrected chi connectivity index (χ1v) is 6.79. The van der Waals surface area contributed by atoms with Gasteiger partial charge in [0.1, 0.15) is 0 Å². The molecule has 0 amide bonds. The maximum absolute atomic E-state index is 5.29. The Kier molecular flexibility index (Phi) is 3.54. The lowest BCUT2D eigenvalue weighted by atomic mass is 10.1. The second-order valence-corrected chi connectivity index (χ2v) is 4.97. The van der Waals surface area contributed by atoms with E-state index in [0.29, 0.717) is 23.5 Å². The molecule has 0 radical (unpaired) electrons. The first-order valence-electron chi connectivity index (χ1n) is 6.79. The normalized spacial score (nSPS) is 16.7. The smallest absolute Gasteiger partial charge is 0.228 e. The minimum atomic E-state index is 0.450. The van der Waals surface area contributed by atoms with Crippen LogP contribution >= 0.6 is 0 Å². The van der Waals surface area contributed by atoms with Gasteiger partial charge in [-0.15, -0.1) is 0 Å². The van der Waals surface area contributed by atoms with Crippen LogP contribution in [-0.2, 0) is 6.42 Å². The van der Waals surface area contributed by atoms with Gasteiger partial charge in [0.2, 0.25) is 11.7 Å². The molecule has 1 atom stereocenters. The highest BCUT2D eigenvalue weighted by Crippen LogP contribution is 2.34. The van der Waals surface area contributed by atoms with E-state index in [1.165, 1.54) is 12.8 Å². The fourth-order valence-electron chi connectivity index (χ4n) is 2.17. The van der Waals surface area contributed by atoms with Gasteiger partial charge in [0.25, 0.3) is 0 Å². The molecule has 19 heavy (non-hydrogen) atoms. The Hall–Kier alpha value is -1.76. The van der Waals surface area contributed by atoms with Crippen LogP contribution in [0.1, 0.15) is 32.1 Å². The van der Waals surface area contributed by atoms with Gasteiger partial charge in [0, 0.05) is 12.5 Å². The third-order valence-electron chi connectivity index (χ3n) is 3.35. The lowest BCUT2D eigenvalue weighted by molar-refractivity contribution is 0.346. The number of nitrogens with one attached hydrogen (secondary N) is 2. The number of nitrogens with zero attached hydrogens (tertiary/aromatic N) is 4. The Bertz CT molecular complexity index is 504. The Morgan fingerprint density at radius 2 is 2.42 bits per heavy atom. The summed E-state index contributed by atoms with van der Waals surface area (Å²) in [5.74, 6) is 1.92. The predicted octanol–water partition coefficient (Wildman–Crippen LogP) is 1.18. The number of H-pyrrole nitrogens is 1. The summed E-state index contributed by atoms with van der Waals surface area (Å²) in [7, 11) is 0. The molecule has 7 nitrogen and oxygen atoms in total. The van der Waals surface area contributed by atoms with E-state index in [1.54, 1.807) is 6.20 Å². The van der Waals surface area contributed by atoms with Gasteiger partial charge in [-0.1, -0.05) is 12.1 Å². The van der Waals surface area contributed by atoms with E-state index in [0.717, 1.165) is 25.3 Å². The van der Waals surface area contributed by atoms with Crippen LogP contribution in [0.15, 0.2) is 10.7 Å². The third-order valence-corrected chi connectivity index (χ3v) is 3.35. The van der Waals surface area contributed by atoms with Gasteiger partial charge in [-0.3, -0.25) is 0 Å². The van der Waals surface area contributed by atoms with Crippen LogP contribution < -0.4 is 5.32 Å². The number of rotatable bonds is 7. The molecule has 1 saturated carbocycles. The number of aromatic amines is 1. The molecular formula is C12H18N6O. The van der Waals surface area contributed by atoms with Crippen molar-refractivity contribution in [1.29, 1.82) is 0 Å². The molecule has 102 valence electrons. The van der Waals surface area contributed by atoms with E-state index in [2.05, 4.69) is 37.8 Å². The Labute approximate surface area is 111 Å². The van der Waals surface area contributed by atoms with Crippen LogP contribution in [0.4, 0.5) is 0 Å². The minimum absolute atomic E-state index is 0.450. The van der Waals surface area contributed by atoms with Crippen LogP contribution in [0.5, 0.6) is 0 Å². The molecule has 1 unspecified atom stereocenters. The molecule has 0 aromatic carbocycles. The van der Waals surface area contributed by atoms with E-state index in [-0.39, 0.29) is 0 Å². The van der Waals surface area contributed by atoms with Crippen molar-refractivity contribution in [2.45, 2.75) is 38.6 Å². The molecule has 2 aromatic heterocycles. The van der Waals surface area contributed by atoms with Crippen LogP contribution in [-0.4, -0.2) is 38.1 Å². The van der Waals surface area contributed by atoms with Crippen LogP contribution in [0, 0.1) is 5.92 Å². The van der Waals surface area contributed by atoms with E-state index < -0.39 is 0 Å². The van der Waals surface area contributed by atoms with Gasteiger partial charge in [-0.25, -0.2) is 0 Å². The molecule has 2 heterocycles. The Morgan fingerprint density at radius 3 is 3.11 bits per heavy atom. The topological polar surface area (TPSA) is 92.5 Å². The molecule has 0 aliphatic heterocycles.